The molecule has 196 valence electrons. The average Bonchev–Trinajstić information content (AvgIpc) is 3.10. The summed E-state index contributed by atoms with van der Waals surface area (Å²) in [5.74, 6) is 0.855. The second-order valence-corrected chi connectivity index (χ2v) is 11.4. The van der Waals surface area contributed by atoms with Gasteiger partial charge in [-0.2, -0.15) is 4.67 Å². The minimum Gasteiger partial charge on any atom is -0.496 e. The van der Waals surface area contributed by atoms with Gasteiger partial charge >= 0.3 is 8.16 Å². The van der Waals surface area contributed by atoms with Gasteiger partial charge in [-0.15, -0.1) is 0 Å². The Hall–Kier alpha value is -3.46. The van der Waals surface area contributed by atoms with Gasteiger partial charge in [0.25, 0.3) is 0 Å². The van der Waals surface area contributed by atoms with Gasteiger partial charge in [0.05, 0.1) is 7.11 Å². The summed E-state index contributed by atoms with van der Waals surface area (Å²) < 4.78 is 22.0. The molecule has 5 heteroatoms. The zero-order chi connectivity index (χ0) is 27.0. The van der Waals surface area contributed by atoms with E-state index in [2.05, 4.69) is 113 Å². The van der Waals surface area contributed by atoms with Gasteiger partial charge in [0.1, 0.15) is 16.9 Å². The van der Waals surface area contributed by atoms with Gasteiger partial charge in [0, 0.05) is 28.4 Å². The van der Waals surface area contributed by atoms with Crippen LogP contribution in [0.25, 0.3) is 21.9 Å². The lowest BCUT2D eigenvalue weighted by Crippen LogP contribution is -2.27. The van der Waals surface area contributed by atoms with E-state index in [1.165, 1.54) is 27.8 Å². The maximum Gasteiger partial charge on any atom is 0.310 e. The van der Waals surface area contributed by atoms with Crippen molar-refractivity contribution < 1.29 is 13.1 Å². The summed E-state index contributed by atoms with van der Waals surface area (Å²) in [6.07, 6.45) is 0. The molecule has 1 aromatic heterocycles. The number of hydrogen-bond acceptors (Lipinski definition) is 4. The molecule has 5 aromatic rings. The van der Waals surface area contributed by atoms with Crippen molar-refractivity contribution in [1.29, 1.82) is 0 Å². The summed E-state index contributed by atoms with van der Waals surface area (Å²) in [7, 11) is 0.181. The third-order valence-electron chi connectivity index (χ3n) is 7.85. The van der Waals surface area contributed by atoms with Crippen LogP contribution in [-0.4, -0.2) is 7.11 Å². The first kappa shape index (κ1) is 26.2. The van der Waals surface area contributed by atoms with Crippen molar-refractivity contribution in [3.63, 3.8) is 0 Å². The van der Waals surface area contributed by atoms with Crippen molar-refractivity contribution in [3.05, 3.63) is 112 Å². The van der Waals surface area contributed by atoms with Crippen LogP contribution in [0.2, 0.25) is 0 Å². The number of benzene rings is 4. The van der Waals surface area contributed by atoms with Gasteiger partial charge in [-0.1, -0.05) is 60.7 Å². The average molecular weight is 526 g/mol. The van der Waals surface area contributed by atoms with Gasteiger partial charge in [0.2, 0.25) is 0 Å². The summed E-state index contributed by atoms with van der Waals surface area (Å²) in [5, 5.41) is 2.26. The Balaban J connectivity index is 1.86. The molecular weight excluding hydrogens is 489 g/mol. The Bertz CT molecular complexity index is 1570. The molecule has 0 aliphatic rings. The first-order chi connectivity index (χ1) is 18.3. The van der Waals surface area contributed by atoms with Crippen LogP contribution in [0.1, 0.15) is 59.3 Å². The van der Waals surface area contributed by atoms with Gasteiger partial charge in [-0.25, -0.2) is 0 Å². The van der Waals surface area contributed by atoms with Gasteiger partial charge in [-0.3, -0.25) is 0 Å². The highest BCUT2D eigenvalue weighted by Crippen LogP contribution is 2.48. The van der Waals surface area contributed by atoms with Crippen LogP contribution in [0.4, 0.5) is 0 Å². The van der Waals surface area contributed by atoms with Crippen molar-refractivity contribution in [2.45, 2.75) is 53.6 Å². The molecule has 0 N–H and O–H groups in total. The summed E-state index contributed by atoms with van der Waals surface area (Å²) >= 11 is 0. The summed E-state index contributed by atoms with van der Waals surface area (Å²) in [5.41, 5.74) is 8.95. The number of aryl methyl sites for hydroxylation is 4. The number of ether oxygens (including phenoxy) is 1. The maximum absolute atomic E-state index is 6.92. The number of nitrogens with zero attached hydrogens (tertiary/aromatic N) is 1. The van der Waals surface area contributed by atoms with E-state index >= 15 is 0 Å². The monoisotopic (exact) mass is 525 g/mol. The summed E-state index contributed by atoms with van der Waals surface area (Å²) in [6, 6.07) is 27.2. The van der Waals surface area contributed by atoms with Crippen LogP contribution in [0, 0.1) is 27.7 Å². The lowest BCUT2D eigenvalue weighted by Gasteiger charge is -2.32. The number of methoxy groups -OCH3 is 1. The van der Waals surface area contributed by atoms with Crippen LogP contribution < -0.4 is 9.41 Å². The van der Waals surface area contributed by atoms with Crippen LogP contribution in [-0.2, 0) is 0 Å². The normalized spacial score (nSPS) is 13.2. The molecule has 0 spiro atoms. The van der Waals surface area contributed by atoms with Crippen LogP contribution in [0.5, 0.6) is 5.75 Å². The van der Waals surface area contributed by atoms with E-state index in [9.17, 15) is 0 Å². The lowest BCUT2D eigenvalue weighted by atomic mass is 9.97. The van der Waals surface area contributed by atoms with Crippen molar-refractivity contribution >= 4 is 30.1 Å². The first-order valence-corrected chi connectivity index (χ1v) is 14.3. The maximum atomic E-state index is 6.92. The molecule has 4 nitrogen and oxygen atoms in total. The van der Waals surface area contributed by atoms with E-state index in [0.29, 0.717) is 0 Å². The van der Waals surface area contributed by atoms with Gasteiger partial charge < -0.3 is 13.1 Å². The van der Waals surface area contributed by atoms with E-state index < -0.39 is 8.16 Å². The fraction of sp³-hybridized carbons (Fsp3) is 0.273. The van der Waals surface area contributed by atoms with Crippen molar-refractivity contribution in [1.82, 2.24) is 0 Å². The highest BCUT2D eigenvalue weighted by atomic mass is 31.1. The molecule has 1 heterocycles. The predicted octanol–water partition coefficient (Wildman–Crippen LogP) is 9.99. The molecule has 0 bridgehead atoms. The number of rotatable bonds is 6. The minimum absolute atomic E-state index is 0.0188. The number of fused-ring (bicyclic) bond motifs is 3. The quantitative estimate of drug-likeness (QED) is 0.221. The standard InChI is InChI=1S/C33H36NO3P/c1-21-17-19-30-32(23(21)3)33-24(4)22(2)18-20-31(33)37-38(36-30)34(25(5)27-13-9-8-10-14-27)26(6)28-15-11-12-16-29(28)35-7/h8-20,25-26H,1-7H3/t25-,26-/m1/s1. The molecule has 0 unspecified atom stereocenters. The summed E-state index contributed by atoms with van der Waals surface area (Å²) in [6.45, 7) is 13.1. The molecule has 0 amide bonds. The fourth-order valence-corrected chi connectivity index (χ4v) is 6.98. The Morgan fingerprint density at radius 1 is 0.658 bits per heavy atom. The number of hydrogen-bond donors (Lipinski definition) is 0. The Kier molecular flexibility index (Phi) is 7.38. The SMILES string of the molecule is COc1ccccc1[C@@H](C)N([C@H](C)c1ccccc1)p1oc2ccc(C)c(C)c2c2c(C)c(C)ccc2o1. The van der Waals surface area contributed by atoms with E-state index in [1.807, 2.05) is 12.1 Å². The van der Waals surface area contributed by atoms with Crippen molar-refractivity contribution in [2.75, 3.05) is 11.8 Å². The highest BCUT2D eigenvalue weighted by molar-refractivity contribution is 7.39. The second-order valence-electron chi connectivity index (χ2n) is 10.1. The lowest BCUT2D eigenvalue weighted by molar-refractivity contribution is 0.404. The summed E-state index contributed by atoms with van der Waals surface area (Å²) in [4.78, 5) is 0. The first-order valence-electron chi connectivity index (χ1n) is 13.1. The molecule has 4 aromatic carbocycles. The van der Waals surface area contributed by atoms with E-state index in [0.717, 1.165) is 33.3 Å². The fourth-order valence-electron chi connectivity index (χ4n) is 5.29. The van der Waals surface area contributed by atoms with Crippen molar-refractivity contribution in [3.8, 4) is 5.75 Å². The van der Waals surface area contributed by atoms with Gasteiger partial charge in [-0.05, 0) is 87.6 Å². The van der Waals surface area contributed by atoms with Gasteiger partial charge in [0.15, 0.2) is 0 Å². The molecule has 0 fully saturated rings. The number of para-hydroxylation sites is 1. The van der Waals surface area contributed by atoms with Crippen LogP contribution in [0.15, 0.2) is 87.3 Å². The van der Waals surface area contributed by atoms with E-state index in [4.69, 9.17) is 13.1 Å². The third-order valence-corrected chi connectivity index (χ3v) is 9.63. The Labute approximate surface area is 226 Å². The smallest absolute Gasteiger partial charge is 0.310 e. The zero-order valence-corrected chi connectivity index (χ0v) is 24.2. The van der Waals surface area contributed by atoms with E-state index in [1.54, 1.807) is 7.11 Å². The molecule has 0 saturated heterocycles. The second kappa shape index (κ2) is 10.7. The molecule has 0 aliphatic carbocycles. The van der Waals surface area contributed by atoms with E-state index in [-0.39, 0.29) is 12.1 Å². The molecule has 0 radical (unpaired) electrons. The Morgan fingerprint density at radius 2 is 1.18 bits per heavy atom. The molecule has 38 heavy (non-hydrogen) atoms. The Morgan fingerprint density at radius 3 is 1.74 bits per heavy atom. The molecule has 2 atom stereocenters. The largest absolute Gasteiger partial charge is 0.496 e. The van der Waals surface area contributed by atoms with Crippen LogP contribution in [0.3, 0.4) is 0 Å². The molecule has 5 rings (SSSR count). The topological polar surface area (TPSA) is 38.8 Å². The zero-order valence-electron chi connectivity index (χ0n) is 23.3. The van der Waals surface area contributed by atoms with Crippen molar-refractivity contribution in [2.24, 2.45) is 0 Å². The molecule has 0 saturated carbocycles. The highest BCUT2D eigenvalue weighted by Gasteiger charge is 2.30. The van der Waals surface area contributed by atoms with Crippen LogP contribution >= 0.6 is 8.16 Å². The third kappa shape index (κ3) is 4.64. The predicted molar refractivity (Wildman–Crippen MR) is 160 cm³/mol. The minimum atomic E-state index is -1.54. The molecule has 0 aliphatic heterocycles. The molecular formula is C33H36NO3P.